The number of nitrogens with zero attached hydrogens (tertiary/aromatic N) is 1. The molecule has 124 valence electrons. The summed E-state index contributed by atoms with van der Waals surface area (Å²) in [4.78, 5) is 22.6. The smallest absolute Gasteiger partial charge is 0.308 e. The van der Waals surface area contributed by atoms with Crippen LogP contribution in [0.4, 0.5) is 0 Å². The number of hydrogen-bond donors (Lipinski definition) is 1. The molecule has 0 spiro atoms. The second kappa shape index (κ2) is 8.69. The normalized spacial score (nSPS) is 10.4. The lowest BCUT2D eigenvalue weighted by Crippen LogP contribution is -2.24. The van der Waals surface area contributed by atoms with Crippen LogP contribution < -0.4 is 14.9 Å². The van der Waals surface area contributed by atoms with Crippen LogP contribution in [0.15, 0.2) is 53.6 Å². The van der Waals surface area contributed by atoms with Gasteiger partial charge in [-0.2, -0.15) is 5.10 Å². The molecule has 2 aromatic rings. The minimum atomic E-state index is -0.428. The zero-order valence-electron chi connectivity index (χ0n) is 12.9. The van der Waals surface area contributed by atoms with E-state index in [-0.39, 0.29) is 6.61 Å². The number of amides is 1. The minimum absolute atomic E-state index is 0.214. The molecule has 0 bridgehead atoms. The number of carbonyl (C=O) groups excluding carboxylic acids is 2. The van der Waals surface area contributed by atoms with Crippen LogP contribution in [0.5, 0.6) is 11.5 Å². The fourth-order valence-corrected chi connectivity index (χ4v) is 1.93. The van der Waals surface area contributed by atoms with Gasteiger partial charge in [0.05, 0.1) is 11.2 Å². The van der Waals surface area contributed by atoms with Crippen molar-refractivity contribution in [2.75, 3.05) is 6.61 Å². The molecule has 1 amide bonds. The highest BCUT2D eigenvalue weighted by atomic mass is 35.5. The number of esters is 1. The summed E-state index contributed by atoms with van der Waals surface area (Å²) >= 11 is 5.92. The van der Waals surface area contributed by atoms with Crippen molar-refractivity contribution in [1.82, 2.24) is 5.43 Å². The first-order chi connectivity index (χ1) is 11.5. The van der Waals surface area contributed by atoms with Crippen LogP contribution in [0, 0.1) is 0 Å². The van der Waals surface area contributed by atoms with Gasteiger partial charge in [0, 0.05) is 6.92 Å². The SMILES string of the molecule is CC(=O)Oc1cccc(C=NNC(=O)COc2ccccc2Cl)c1. The lowest BCUT2D eigenvalue weighted by molar-refractivity contribution is -0.131. The van der Waals surface area contributed by atoms with Gasteiger partial charge in [0.15, 0.2) is 6.61 Å². The van der Waals surface area contributed by atoms with Gasteiger partial charge in [-0.1, -0.05) is 35.9 Å². The van der Waals surface area contributed by atoms with E-state index in [1.807, 2.05) is 0 Å². The monoisotopic (exact) mass is 346 g/mol. The van der Waals surface area contributed by atoms with Crippen LogP contribution in [-0.4, -0.2) is 24.7 Å². The Morgan fingerprint density at radius 3 is 2.75 bits per heavy atom. The van der Waals surface area contributed by atoms with Crippen LogP contribution in [-0.2, 0) is 9.59 Å². The van der Waals surface area contributed by atoms with Gasteiger partial charge >= 0.3 is 5.97 Å². The molecule has 0 atom stereocenters. The molecule has 0 fully saturated rings. The average molecular weight is 347 g/mol. The van der Waals surface area contributed by atoms with E-state index < -0.39 is 11.9 Å². The molecule has 0 saturated carbocycles. The number of rotatable bonds is 6. The maximum absolute atomic E-state index is 11.7. The van der Waals surface area contributed by atoms with E-state index in [1.165, 1.54) is 13.1 Å². The molecule has 2 rings (SSSR count). The maximum atomic E-state index is 11.7. The molecule has 0 aliphatic carbocycles. The van der Waals surface area contributed by atoms with E-state index in [0.29, 0.717) is 22.1 Å². The van der Waals surface area contributed by atoms with Crippen molar-refractivity contribution >= 4 is 29.7 Å². The van der Waals surface area contributed by atoms with Crippen molar-refractivity contribution in [1.29, 1.82) is 0 Å². The first-order valence-corrected chi connectivity index (χ1v) is 7.40. The molecular weight excluding hydrogens is 332 g/mol. The van der Waals surface area contributed by atoms with E-state index in [4.69, 9.17) is 21.1 Å². The Morgan fingerprint density at radius 2 is 2.00 bits per heavy atom. The molecule has 7 heteroatoms. The van der Waals surface area contributed by atoms with Crippen LogP contribution in [0.2, 0.25) is 5.02 Å². The van der Waals surface area contributed by atoms with Crippen LogP contribution in [0.3, 0.4) is 0 Å². The summed E-state index contributed by atoms with van der Waals surface area (Å²) < 4.78 is 10.2. The molecule has 0 aliphatic heterocycles. The van der Waals surface area contributed by atoms with Crippen molar-refractivity contribution < 1.29 is 19.1 Å². The predicted octanol–water partition coefficient (Wildman–Crippen LogP) is 2.79. The zero-order chi connectivity index (χ0) is 17.4. The van der Waals surface area contributed by atoms with E-state index >= 15 is 0 Å². The average Bonchev–Trinajstić information content (AvgIpc) is 2.54. The van der Waals surface area contributed by atoms with Crippen LogP contribution in [0.25, 0.3) is 0 Å². The quantitative estimate of drug-likeness (QED) is 0.377. The zero-order valence-corrected chi connectivity index (χ0v) is 13.6. The Morgan fingerprint density at radius 1 is 1.21 bits per heavy atom. The van der Waals surface area contributed by atoms with E-state index in [1.54, 1.807) is 48.5 Å². The highest BCUT2D eigenvalue weighted by Crippen LogP contribution is 2.22. The third kappa shape index (κ3) is 5.73. The maximum Gasteiger partial charge on any atom is 0.308 e. The summed E-state index contributed by atoms with van der Waals surface area (Å²) in [6.45, 7) is 1.11. The Balaban J connectivity index is 1.84. The molecule has 0 saturated heterocycles. The van der Waals surface area contributed by atoms with Gasteiger partial charge in [0.1, 0.15) is 11.5 Å². The fraction of sp³-hybridized carbons (Fsp3) is 0.118. The van der Waals surface area contributed by atoms with E-state index in [9.17, 15) is 9.59 Å². The summed E-state index contributed by atoms with van der Waals surface area (Å²) in [6.07, 6.45) is 1.43. The van der Waals surface area contributed by atoms with Crippen molar-refractivity contribution in [3.05, 3.63) is 59.1 Å². The van der Waals surface area contributed by atoms with Crippen molar-refractivity contribution in [2.24, 2.45) is 5.10 Å². The van der Waals surface area contributed by atoms with E-state index in [2.05, 4.69) is 10.5 Å². The van der Waals surface area contributed by atoms with Gasteiger partial charge in [-0.15, -0.1) is 0 Å². The second-order valence-electron chi connectivity index (χ2n) is 4.68. The number of carbonyl (C=O) groups is 2. The third-order valence-corrected chi connectivity index (χ3v) is 3.03. The summed E-state index contributed by atoms with van der Waals surface area (Å²) in [5, 5.41) is 4.25. The molecule has 24 heavy (non-hydrogen) atoms. The summed E-state index contributed by atoms with van der Waals surface area (Å²) in [5.74, 6) is -0.0105. The van der Waals surface area contributed by atoms with E-state index in [0.717, 1.165) is 0 Å². The lowest BCUT2D eigenvalue weighted by atomic mass is 10.2. The Labute approximate surface area is 144 Å². The van der Waals surface area contributed by atoms with Gasteiger partial charge in [0.25, 0.3) is 5.91 Å². The molecule has 0 unspecified atom stereocenters. The Bertz CT molecular complexity index is 762. The minimum Gasteiger partial charge on any atom is -0.482 e. The topological polar surface area (TPSA) is 77.0 Å². The largest absolute Gasteiger partial charge is 0.482 e. The molecular formula is C17H15ClN2O4. The summed E-state index contributed by atoms with van der Waals surface area (Å²) in [5.41, 5.74) is 3.00. The fourth-order valence-electron chi connectivity index (χ4n) is 1.74. The van der Waals surface area contributed by atoms with Crippen molar-refractivity contribution in [3.63, 3.8) is 0 Å². The van der Waals surface area contributed by atoms with Gasteiger partial charge in [-0.05, 0) is 29.8 Å². The number of hydrazone groups is 1. The number of nitrogens with one attached hydrogen (secondary N) is 1. The predicted molar refractivity (Wildman–Crippen MR) is 90.4 cm³/mol. The first kappa shape index (κ1) is 17.5. The second-order valence-corrected chi connectivity index (χ2v) is 5.09. The standard InChI is InChI=1S/C17H15ClN2O4/c1-12(21)24-14-6-4-5-13(9-14)10-19-20-17(22)11-23-16-8-3-2-7-15(16)18/h2-10H,11H2,1H3,(H,20,22). The number of para-hydroxylation sites is 1. The third-order valence-electron chi connectivity index (χ3n) is 2.72. The summed E-state index contributed by atoms with van der Waals surface area (Å²) in [6, 6.07) is 13.6. The molecule has 1 N–H and O–H groups in total. The molecule has 0 aromatic heterocycles. The number of hydrogen-bond acceptors (Lipinski definition) is 5. The van der Waals surface area contributed by atoms with Crippen molar-refractivity contribution in [3.8, 4) is 11.5 Å². The van der Waals surface area contributed by atoms with Crippen molar-refractivity contribution in [2.45, 2.75) is 6.92 Å². The van der Waals surface area contributed by atoms with Gasteiger partial charge in [-0.3, -0.25) is 9.59 Å². The molecule has 2 aromatic carbocycles. The Hall–Kier alpha value is -2.86. The van der Waals surface area contributed by atoms with Crippen LogP contribution >= 0.6 is 11.6 Å². The van der Waals surface area contributed by atoms with Gasteiger partial charge in [0.2, 0.25) is 0 Å². The molecule has 0 heterocycles. The number of benzene rings is 2. The van der Waals surface area contributed by atoms with Crippen LogP contribution in [0.1, 0.15) is 12.5 Å². The van der Waals surface area contributed by atoms with Gasteiger partial charge in [-0.25, -0.2) is 5.43 Å². The number of halogens is 1. The molecule has 6 nitrogen and oxygen atoms in total. The summed E-state index contributed by atoms with van der Waals surface area (Å²) in [7, 11) is 0. The highest BCUT2D eigenvalue weighted by Gasteiger charge is 2.04. The molecule has 0 radical (unpaired) electrons. The Kier molecular flexibility index (Phi) is 6.33. The first-order valence-electron chi connectivity index (χ1n) is 7.02. The van der Waals surface area contributed by atoms with Gasteiger partial charge < -0.3 is 9.47 Å². The molecule has 0 aliphatic rings. The lowest BCUT2D eigenvalue weighted by Gasteiger charge is -2.06. The number of ether oxygens (including phenoxy) is 2. The highest BCUT2D eigenvalue weighted by molar-refractivity contribution is 6.32.